The number of guanidine groups is 1. The Bertz CT molecular complexity index is 857. The molecule has 0 saturated heterocycles. The second-order valence-corrected chi connectivity index (χ2v) is 6.03. The first-order valence-corrected chi connectivity index (χ1v) is 8.09. The number of carbonyl (C=O) groups is 1. The Balaban J connectivity index is 1.74. The van der Waals surface area contributed by atoms with Crippen molar-refractivity contribution in [3.05, 3.63) is 71.4 Å². The number of hydrogen-bond acceptors (Lipinski definition) is 5. The van der Waals surface area contributed by atoms with E-state index in [1.807, 2.05) is 6.92 Å². The number of amides is 1. The average molecular weight is 357 g/mol. The fourth-order valence-electron chi connectivity index (χ4n) is 2.71. The third-order valence-electron chi connectivity index (χ3n) is 4.14. The third-order valence-corrected chi connectivity index (χ3v) is 4.14. The molecule has 0 bridgehead atoms. The molecule has 2 aromatic rings. The molecule has 8 heteroatoms. The van der Waals surface area contributed by atoms with Crippen LogP contribution in [0.1, 0.15) is 35.1 Å². The van der Waals surface area contributed by atoms with Gasteiger partial charge in [-0.25, -0.2) is 9.38 Å². The van der Waals surface area contributed by atoms with Crippen molar-refractivity contribution in [2.45, 2.75) is 19.1 Å². The average Bonchev–Trinajstić information content (AvgIpc) is 3.12. The lowest BCUT2D eigenvalue weighted by atomic mass is 10.1. The van der Waals surface area contributed by atoms with Crippen molar-refractivity contribution in [3.8, 4) is 0 Å². The summed E-state index contributed by atoms with van der Waals surface area (Å²) in [5, 5.41) is 15.1. The maximum Gasteiger partial charge on any atom is 0.253 e. The van der Waals surface area contributed by atoms with E-state index in [-0.39, 0.29) is 24.5 Å². The lowest BCUT2D eigenvalue weighted by molar-refractivity contribution is 0.0916. The molecule has 3 rings (SSSR count). The van der Waals surface area contributed by atoms with E-state index >= 15 is 0 Å². The molecule has 1 unspecified atom stereocenters. The summed E-state index contributed by atoms with van der Waals surface area (Å²) in [7, 11) is 0. The highest BCUT2D eigenvalue weighted by molar-refractivity contribution is 5.94. The predicted octanol–water partition coefficient (Wildman–Crippen LogP) is 1.41. The lowest BCUT2D eigenvalue weighted by Gasteiger charge is -2.20. The number of benzene rings is 1. The van der Waals surface area contributed by atoms with Crippen molar-refractivity contribution in [3.63, 3.8) is 0 Å². The van der Waals surface area contributed by atoms with Crippen LogP contribution < -0.4 is 16.4 Å². The largest absolute Gasteiger partial charge is 0.394 e. The van der Waals surface area contributed by atoms with Crippen molar-refractivity contribution in [1.29, 1.82) is 0 Å². The Labute approximate surface area is 150 Å². The lowest BCUT2D eigenvalue weighted by Crippen LogP contribution is -2.32. The number of nitrogens with zero attached hydrogens (tertiary/aromatic N) is 2. The first-order valence-electron chi connectivity index (χ1n) is 8.09. The zero-order valence-electron chi connectivity index (χ0n) is 14.2. The van der Waals surface area contributed by atoms with Crippen LogP contribution in [0.3, 0.4) is 0 Å². The minimum absolute atomic E-state index is 0.297. The Morgan fingerprint density at radius 1 is 1.42 bits per heavy atom. The molecule has 1 aliphatic rings. The fraction of sp³-hybridized carbons (Fsp3) is 0.222. The van der Waals surface area contributed by atoms with Crippen LogP contribution in [0.15, 0.2) is 59.5 Å². The standard InChI is InChI=1S/C18H20FN5O2/c1-11-8-21-18(20)23-16(11)24-7-6-13(9-24)17(26)22-15(10-25)12-2-4-14(19)5-3-12/h2-9,15-16,25H,10H2,1H3,(H,22,26)(H3,20,21,23)/t15?,16-/m0/s1. The molecule has 1 aliphatic heterocycles. The second-order valence-electron chi connectivity index (χ2n) is 6.03. The minimum atomic E-state index is -0.624. The molecule has 1 aromatic carbocycles. The quantitative estimate of drug-likeness (QED) is 0.649. The van der Waals surface area contributed by atoms with Crippen LogP contribution in [0.5, 0.6) is 0 Å². The van der Waals surface area contributed by atoms with E-state index in [1.54, 1.807) is 29.2 Å². The van der Waals surface area contributed by atoms with Crippen LogP contribution in [0, 0.1) is 5.82 Å². The van der Waals surface area contributed by atoms with Gasteiger partial charge in [-0.05, 0) is 36.3 Å². The normalized spacial score (nSPS) is 17.7. The number of aliphatic hydroxyl groups is 1. The van der Waals surface area contributed by atoms with Gasteiger partial charge in [-0.3, -0.25) is 4.79 Å². The van der Waals surface area contributed by atoms with Gasteiger partial charge in [0.25, 0.3) is 5.91 Å². The molecule has 136 valence electrons. The molecule has 2 atom stereocenters. The van der Waals surface area contributed by atoms with E-state index < -0.39 is 6.04 Å². The van der Waals surface area contributed by atoms with Crippen LogP contribution in [0.25, 0.3) is 0 Å². The second kappa shape index (κ2) is 7.40. The Morgan fingerprint density at radius 3 is 2.85 bits per heavy atom. The van der Waals surface area contributed by atoms with Crippen LogP contribution in [-0.2, 0) is 0 Å². The molecule has 2 heterocycles. The van der Waals surface area contributed by atoms with Crippen LogP contribution in [-0.4, -0.2) is 28.1 Å². The molecule has 26 heavy (non-hydrogen) atoms. The van der Waals surface area contributed by atoms with E-state index in [9.17, 15) is 14.3 Å². The van der Waals surface area contributed by atoms with Gasteiger partial charge in [0.2, 0.25) is 0 Å². The van der Waals surface area contributed by atoms with Gasteiger partial charge in [0, 0.05) is 18.6 Å². The summed E-state index contributed by atoms with van der Waals surface area (Å²) in [4.78, 5) is 16.8. The molecular formula is C18H20FN5O2. The Hall–Kier alpha value is -3.13. The van der Waals surface area contributed by atoms with E-state index in [4.69, 9.17) is 5.73 Å². The third kappa shape index (κ3) is 3.75. The smallest absolute Gasteiger partial charge is 0.253 e. The van der Waals surface area contributed by atoms with Crippen LogP contribution in [0.2, 0.25) is 0 Å². The Kier molecular flexibility index (Phi) is 5.04. The summed E-state index contributed by atoms with van der Waals surface area (Å²) in [5.41, 5.74) is 7.69. The van der Waals surface area contributed by atoms with Gasteiger partial charge >= 0.3 is 0 Å². The van der Waals surface area contributed by atoms with E-state index in [2.05, 4.69) is 15.6 Å². The fourth-order valence-corrected chi connectivity index (χ4v) is 2.71. The van der Waals surface area contributed by atoms with Gasteiger partial charge in [-0.1, -0.05) is 12.1 Å². The number of carbonyl (C=O) groups excluding carboxylic acids is 1. The van der Waals surface area contributed by atoms with Crippen LogP contribution >= 0.6 is 0 Å². The van der Waals surface area contributed by atoms with E-state index in [0.29, 0.717) is 17.1 Å². The van der Waals surface area contributed by atoms with Crippen molar-refractivity contribution < 1.29 is 14.3 Å². The molecule has 0 radical (unpaired) electrons. The predicted molar refractivity (Wildman–Crippen MR) is 95.7 cm³/mol. The molecule has 1 amide bonds. The van der Waals surface area contributed by atoms with E-state index in [0.717, 1.165) is 5.57 Å². The Morgan fingerprint density at radius 2 is 2.15 bits per heavy atom. The van der Waals surface area contributed by atoms with Gasteiger partial charge in [0.15, 0.2) is 12.1 Å². The van der Waals surface area contributed by atoms with Gasteiger partial charge < -0.3 is 26.0 Å². The highest BCUT2D eigenvalue weighted by Gasteiger charge is 2.19. The van der Waals surface area contributed by atoms with Crippen molar-refractivity contribution in [2.24, 2.45) is 10.7 Å². The molecule has 0 saturated carbocycles. The number of rotatable bonds is 5. The number of halogens is 1. The van der Waals surface area contributed by atoms with Gasteiger partial charge in [0.05, 0.1) is 18.2 Å². The minimum Gasteiger partial charge on any atom is -0.394 e. The highest BCUT2D eigenvalue weighted by Crippen LogP contribution is 2.22. The SMILES string of the molecule is CC1=CNC(N)=N[C@H]1n1ccc(C(=O)NC(CO)c2ccc(F)cc2)c1. The number of hydrogen-bond donors (Lipinski definition) is 4. The number of nitrogens with one attached hydrogen (secondary N) is 2. The van der Waals surface area contributed by atoms with Gasteiger partial charge in [-0.15, -0.1) is 0 Å². The molecule has 0 spiro atoms. The van der Waals surface area contributed by atoms with Crippen LogP contribution in [0.4, 0.5) is 4.39 Å². The van der Waals surface area contributed by atoms with Crippen molar-refractivity contribution in [1.82, 2.24) is 15.2 Å². The first-order chi connectivity index (χ1) is 12.5. The summed E-state index contributed by atoms with van der Waals surface area (Å²) in [5.74, 6) is -0.421. The van der Waals surface area contributed by atoms with Crippen molar-refractivity contribution in [2.75, 3.05) is 6.61 Å². The topological polar surface area (TPSA) is 105 Å². The zero-order valence-corrected chi connectivity index (χ0v) is 14.2. The van der Waals surface area contributed by atoms with Gasteiger partial charge in [-0.2, -0.15) is 0 Å². The highest BCUT2D eigenvalue weighted by atomic mass is 19.1. The number of aliphatic hydroxyl groups excluding tert-OH is 1. The van der Waals surface area contributed by atoms with Crippen molar-refractivity contribution >= 4 is 11.9 Å². The van der Waals surface area contributed by atoms with E-state index in [1.165, 1.54) is 24.3 Å². The molecule has 5 N–H and O–H groups in total. The summed E-state index contributed by atoms with van der Waals surface area (Å²) >= 11 is 0. The number of aliphatic imine (C=N–C) groups is 1. The summed E-state index contributed by atoms with van der Waals surface area (Å²) < 4.78 is 14.8. The summed E-state index contributed by atoms with van der Waals surface area (Å²) in [6.07, 6.45) is 4.86. The maximum absolute atomic E-state index is 13.0. The zero-order chi connectivity index (χ0) is 18.7. The summed E-state index contributed by atoms with van der Waals surface area (Å²) in [6, 6.07) is 6.67. The summed E-state index contributed by atoms with van der Waals surface area (Å²) in [6.45, 7) is 1.61. The monoisotopic (exact) mass is 357 g/mol. The number of nitrogens with two attached hydrogens (primary N) is 1. The molecule has 0 aliphatic carbocycles. The molecule has 0 fully saturated rings. The molecular weight excluding hydrogens is 337 g/mol. The molecule has 7 nitrogen and oxygen atoms in total. The molecule has 1 aromatic heterocycles. The first kappa shape index (κ1) is 17.7. The van der Waals surface area contributed by atoms with Gasteiger partial charge in [0.1, 0.15) is 5.82 Å². The maximum atomic E-state index is 13.0. The number of aromatic nitrogens is 1.